The third-order valence-electron chi connectivity index (χ3n) is 2.87. The minimum Gasteiger partial charge on any atom is -0.508 e. The average Bonchev–Trinajstić information content (AvgIpc) is 2.43. The number of hydrogen-bond acceptors (Lipinski definition) is 5. The third kappa shape index (κ3) is 4.87. The molecule has 0 saturated heterocycles. The van der Waals surface area contributed by atoms with E-state index in [0.717, 1.165) is 6.07 Å². The molecule has 0 aromatic heterocycles. The second-order valence-electron chi connectivity index (χ2n) is 4.73. The number of carbonyl (C=O) groups is 1. The lowest BCUT2D eigenvalue weighted by Crippen LogP contribution is -2.28. The van der Waals surface area contributed by atoms with Gasteiger partial charge in [-0.1, -0.05) is 12.1 Å². The molecule has 2 aromatic carbocycles. The number of aromatic hydroxyl groups is 2. The molecule has 0 heterocycles. The first-order valence-electron chi connectivity index (χ1n) is 6.44. The summed E-state index contributed by atoms with van der Waals surface area (Å²) in [6, 6.07) is 8.89. The number of nitrogens with two attached hydrogens (primary N) is 1. The quantitative estimate of drug-likeness (QED) is 0.567. The van der Waals surface area contributed by atoms with E-state index in [4.69, 9.17) is 5.14 Å². The largest absolute Gasteiger partial charge is 0.508 e. The van der Waals surface area contributed by atoms with Crippen LogP contribution in [0.5, 0.6) is 11.5 Å². The molecule has 2 amide bonds. The molecule has 0 aliphatic rings. The van der Waals surface area contributed by atoms with E-state index in [1.54, 1.807) is 0 Å². The highest BCUT2D eigenvalue weighted by Gasteiger charge is 2.08. The van der Waals surface area contributed by atoms with Gasteiger partial charge in [0, 0.05) is 30.4 Å². The summed E-state index contributed by atoms with van der Waals surface area (Å²) in [5.74, 6) is -0.363. The molecule has 2 aromatic rings. The second-order valence-corrected chi connectivity index (χ2v) is 6.30. The maximum absolute atomic E-state index is 11.7. The fourth-order valence-electron chi connectivity index (χ4n) is 1.82. The predicted octanol–water partition coefficient (Wildman–Crippen LogP) is 1.07. The zero-order valence-electron chi connectivity index (χ0n) is 11.9. The molecular weight excluding hydrogens is 322 g/mol. The van der Waals surface area contributed by atoms with Crippen LogP contribution in [0.25, 0.3) is 0 Å². The van der Waals surface area contributed by atoms with Crippen molar-refractivity contribution in [2.45, 2.75) is 11.4 Å². The van der Waals surface area contributed by atoms with Crippen LogP contribution in [-0.2, 0) is 16.6 Å². The monoisotopic (exact) mass is 337 g/mol. The van der Waals surface area contributed by atoms with Gasteiger partial charge in [-0.3, -0.25) is 0 Å². The van der Waals surface area contributed by atoms with Crippen LogP contribution >= 0.6 is 0 Å². The van der Waals surface area contributed by atoms with Gasteiger partial charge in [0.05, 0.1) is 4.90 Å². The molecule has 0 fully saturated rings. The van der Waals surface area contributed by atoms with Crippen LogP contribution in [0, 0.1) is 0 Å². The Labute approximate surface area is 132 Å². The van der Waals surface area contributed by atoms with Gasteiger partial charge in [-0.25, -0.2) is 18.4 Å². The van der Waals surface area contributed by atoms with Crippen molar-refractivity contribution in [3.63, 3.8) is 0 Å². The lowest BCUT2D eigenvalue weighted by molar-refractivity contribution is 0.251. The Bertz CT molecular complexity index is 799. The van der Waals surface area contributed by atoms with E-state index in [9.17, 15) is 23.4 Å². The number of amides is 2. The first-order chi connectivity index (χ1) is 10.7. The number of sulfonamides is 1. The lowest BCUT2D eigenvalue weighted by Gasteiger charge is -2.09. The summed E-state index contributed by atoms with van der Waals surface area (Å²) >= 11 is 0. The zero-order valence-corrected chi connectivity index (χ0v) is 12.7. The maximum atomic E-state index is 11.7. The summed E-state index contributed by atoms with van der Waals surface area (Å²) in [6.45, 7) is 0.154. The highest BCUT2D eigenvalue weighted by atomic mass is 32.2. The molecule has 0 bridgehead atoms. The van der Waals surface area contributed by atoms with Crippen molar-refractivity contribution in [1.29, 1.82) is 0 Å². The topological polar surface area (TPSA) is 142 Å². The number of phenolic OH excluding ortho intramolecular Hbond substituents is 2. The van der Waals surface area contributed by atoms with E-state index in [2.05, 4.69) is 10.6 Å². The smallest absolute Gasteiger partial charge is 0.319 e. The normalized spacial score (nSPS) is 11.0. The van der Waals surface area contributed by atoms with Crippen LogP contribution in [0.4, 0.5) is 10.5 Å². The molecule has 122 valence electrons. The van der Waals surface area contributed by atoms with E-state index in [-0.39, 0.29) is 28.6 Å². The van der Waals surface area contributed by atoms with Crippen molar-refractivity contribution in [3.05, 3.63) is 48.0 Å². The first kappa shape index (κ1) is 16.6. The van der Waals surface area contributed by atoms with Crippen molar-refractivity contribution in [2.24, 2.45) is 5.14 Å². The number of benzene rings is 2. The lowest BCUT2D eigenvalue weighted by atomic mass is 10.2. The number of hydrogen-bond donors (Lipinski definition) is 5. The summed E-state index contributed by atoms with van der Waals surface area (Å²) in [4.78, 5) is 11.7. The fourth-order valence-corrected chi connectivity index (χ4v) is 2.34. The number of phenols is 2. The number of nitrogens with one attached hydrogen (secondary N) is 2. The van der Waals surface area contributed by atoms with E-state index >= 15 is 0 Å². The predicted molar refractivity (Wildman–Crippen MR) is 83.4 cm³/mol. The van der Waals surface area contributed by atoms with Gasteiger partial charge in [0.2, 0.25) is 10.0 Å². The molecule has 23 heavy (non-hydrogen) atoms. The van der Waals surface area contributed by atoms with Crippen LogP contribution in [0.15, 0.2) is 47.4 Å². The van der Waals surface area contributed by atoms with Crippen molar-refractivity contribution in [2.75, 3.05) is 5.32 Å². The van der Waals surface area contributed by atoms with Crippen LogP contribution in [0.3, 0.4) is 0 Å². The van der Waals surface area contributed by atoms with E-state index in [0.29, 0.717) is 5.56 Å². The Morgan fingerprint density at radius 3 is 2.13 bits per heavy atom. The summed E-state index contributed by atoms with van der Waals surface area (Å²) in [6.07, 6.45) is 0. The van der Waals surface area contributed by atoms with E-state index in [1.807, 2.05) is 0 Å². The Kier molecular flexibility index (Phi) is 4.72. The van der Waals surface area contributed by atoms with Crippen molar-refractivity contribution >= 4 is 21.7 Å². The highest BCUT2D eigenvalue weighted by Crippen LogP contribution is 2.23. The Morgan fingerprint density at radius 1 is 1.04 bits per heavy atom. The second kappa shape index (κ2) is 6.55. The van der Waals surface area contributed by atoms with Crippen LogP contribution in [0.1, 0.15) is 5.56 Å². The van der Waals surface area contributed by atoms with Gasteiger partial charge in [-0.15, -0.1) is 0 Å². The molecule has 0 atom stereocenters. The van der Waals surface area contributed by atoms with Gasteiger partial charge >= 0.3 is 6.03 Å². The first-order valence-corrected chi connectivity index (χ1v) is 7.98. The maximum Gasteiger partial charge on any atom is 0.319 e. The molecule has 6 N–H and O–H groups in total. The summed E-state index contributed by atoms with van der Waals surface area (Å²) in [5.41, 5.74) is 0.899. The van der Waals surface area contributed by atoms with Crippen LogP contribution in [0.2, 0.25) is 0 Å². The molecule has 8 nitrogen and oxygen atoms in total. The van der Waals surface area contributed by atoms with Gasteiger partial charge in [-0.05, 0) is 17.7 Å². The summed E-state index contributed by atoms with van der Waals surface area (Å²) < 4.78 is 22.3. The summed E-state index contributed by atoms with van der Waals surface area (Å²) in [5, 5.41) is 28.6. The van der Waals surface area contributed by atoms with Crippen molar-refractivity contribution in [3.8, 4) is 11.5 Å². The van der Waals surface area contributed by atoms with Crippen LogP contribution < -0.4 is 15.8 Å². The van der Waals surface area contributed by atoms with E-state index < -0.39 is 16.1 Å². The van der Waals surface area contributed by atoms with Crippen LogP contribution in [-0.4, -0.2) is 24.7 Å². The van der Waals surface area contributed by atoms with E-state index in [1.165, 1.54) is 36.4 Å². The number of anilines is 1. The third-order valence-corrected chi connectivity index (χ3v) is 3.79. The van der Waals surface area contributed by atoms with Gasteiger partial charge in [0.1, 0.15) is 11.5 Å². The standard InChI is InChI=1S/C14H15N3O5S/c15-23(21,22)13-3-1-9(2-4-13)8-16-14(20)17-10-5-11(18)7-12(19)6-10/h1-7,18-19H,8H2,(H2,15,21,22)(H2,16,17,20). The number of urea groups is 1. The average molecular weight is 337 g/mol. The number of carbonyl (C=O) groups excluding carboxylic acids is 1. The molecule has 9 heteroatoms. The Balaban J connectivity index is 1.94. The molecule has 0 aliphatic carbocycles. The van der Waals surface area contributed by atoms with Crippen molar-refractivity contribution in [1.82, 2.24) is 5.32 Å². The molecule has 0 saturated carbocycles. The molecule has 0 spiro atoms. The van der Waals surface area contributed by atoms with Gasteiger partial charge < -0.3 is 20.8 Å². The summed E-state index contributed by atoms with van der Waals surface area (Å²) in [7, 11) is -3.75. The van der Waals surface area contributed by atoms with Gasteiger partial charge in [0.25, 0.3) is 0 Å². The Hall–Kier alpha value is -2.78. The molecule has 0 unspecified atom stereocenters. The zero-order chi connectivity index (χ0) is 17.0. The number of rotatable bonds is 4. The van der Waals surface area contributed by atoms with Crippen molar-refractivity contribution < 1.29 is 23.4 Å². The molecular formula is C14H15N3O5S. The SMILES string of the molecule is NS(=O)(=O)c1ccc(CNC(=O)Nc2cc(O)cc(O)c2)cc1. The molecule has 0 radical (unpaired) electrons. The molecule has 2 rings (SSSR count). The fraction of sp³-hybridized carbons (Fsp3) is 0.0714. The van der Waals surface area contributed by atoms with Gasteiger partial charge in [-0.2, -0.15) is 0 Å². The number of primary sulfonamides is 1. The Morgan fingerprint density at radius 2 is 1.61 bits per heavy atom. The van der Waals surface area contributed by atoms with Gasteiger partial charge in [0.15, 0.2) is 0 Å². The molecule has 0 aliphatic heterocycles. The minimum atomic E-state index is -3.75. The minimum absolute atomic E-state index is 0.0130. The highest BCUT2D eigenvalue weighted by molar-refractivity contribution is 7.89.